The summed E-state index contributed by atoms with van der Waals surface area (Å²) in [5.41, 5.74) is 3.55. The van der Waals surface area contributed by atoms with Gasteiger partial charge in [-0.3, -0.25) is 9.59 Å². The highest BCUT2D eigenvalue weighted by Gasteiger charge is 2.07. The molecule has 2 aromatic rings. The van der Waals surface area contributed by atoms with E-state index in [2.05, 4.69) is 5.32 Å². The summed E-state index contributed by atoms with van der Waals surface area (Å²) < 4.78 is 1.46. The summed E-state index contributed by atoms with van der Waals surface area (Å²) in [6.07, 6.45) is 0. The highest BCUT2D eigenvalue weighted by atomic mass is 16.2. The second-order valence-corrected chi connectivity index (χ2v) is 5.02. The van der Waals surface area contributed by atoms with E-state index in [1.54, 1.807) is 6.07 Å². The predicted molar refractivity (Wildman–Crippen MR) is 80.0 cm³/mol. The van der Waals surface area contributed by atoms with Crippen LogP contribution in [0.1, 0.15) is 16.8 Å². The van der Waals surface area contributed by atoms with Crippen LogP contribution in [-0.2, 0) is 11.3 Å². The molecule has 104 valence electrons. The van der Waals surface area contributed by atoms with Crippen molar-refractivity contribution in [3.8, 4) is 0 Å². The molecule has 0 aliphatic rings. The average molecular weight is 270 g/mol. The summed E-state index contributed by atoms with van der Waals surface area (Å²) in [5, 5.41) is 2.83. The molecule has 2 rings (SSSR count). The Kier molecular flexibility index (Phi) is 4.03. The highest BCUT2D eigenvalue weighted by molar-refractivity contribution is 5.90. The normalized spacial score (nSPS) is 10.3. The lowest BCUT2D eigenvalue weighted by Crippen LogP contribution is -2.28. The fourth-order valence-electron chi connectivity index (χ4n) is 2.22. The maximum absolute atomic E-state index is 12.0. The molecule has 1 aromatic heterocycles. The summed E-state index contributed by atoms with van der Waals surface area (Å²) in [4.78, 5) is 23.8. The first-order chi connectivity index (χ1) is 9.45. The number of nitrogens with one attached hydrogen (secondary N) is 1. The van der Waals surface area contributed by atoms with Crippen molar-refractivity contribution in [2.75, 3.05) is 5.32 Å². The van der Waals surface area contributed by atoms with Crippen molar-refractivity contribution >= 4 is 11.6 Å². The smallest absolute Gasteiger partial charge is 0.251 e. The van der Waals surface area contributed by atoms with Gasteiger partial charge in [-0.05, 0) is 50.1 Å². The number of aromatic nitrogens is 1. The number of anilines is 1. The zero-order chi connectivity index (χ0) is 14.7. The lowest BCUT2D eigenvalue weighted by molar-refractivity contribution is -0.116. The Morgan fingerprint density at radius 3 is 2.35 bits per heavy atom. The molecule has 4 nitrogen and oxygen atoms in total. The third-order valence-electron chi connectivity index (χ3n) is 3.08. The maximum atomic E-state index is 12.0. The number of nitrogens with zero attached hydrogens (tertiary/aromatic N) is 1. The molecule has 0 unspecified atom stereocenters. The van der Waals surface area contributed by atoms with E-state index in [1.165, 1.54) is 10.6 Å². The van der Waals surface area contributed by atoms with Crippen LogP contribution in [0.4, 0.5) is 5.69 Å². The Labute approximate surface area is 118 Å². The van der Waals surface area contributed by atoms with Crippen molar-refractivity contribution in [1.82, 2.24) is 4.57 Å². The van der Waals surface area contributed by atoms with E-state index >= 15 is 0 Å². The third kappa shape index (κ3) is 3.35. The van der Waals surface area contributed by atoms with Gasteiger partial charge in [0, 0.05) is 17.4 Å². The van der Waals surface area contributed by atoms with E-state index in [4.69, 9.17) is 0 Å². The Bertz CT molecular complexity index is 682. The predicted octanol–water partition coefficient (Wildman–Crippen LogP) is 2.41. The first-order valence-corrected chi connectivity index (χ1v) is 6.50. The van der Waals surface area contributed by atoms with Gasteiger partial charge in [0.15, 0.2) is 0 Å². The molecule has 0 atom stereocenters. The number of aryl methyl sites for hydroxylation is 3. The molecule has 4 heteroatoms. The number of rotatable bonds is 3. The van der Waals surface area contributed by atoms with Gasteiger partial charge in [-0.2, -0.15) is 0 Å². The van der Waals surface area contributed by atoms with E-state index in [-0.39, 0.29) is 18.0 Å². The zero-order valence-corrected chi connectivity index (χ0v) is 11.9. The van der Waals surface area contributed by atoms with E-state index in [1.807, 2.05) is 45.0 Å². The van der Waals surface area contributed by atoms with Gasteiger partial charge in [0.25, 0.3) is 5.56 Å². The van der Waals surface area contributed by atoms with Crippen molar-refractivity contribution in [3.63, 3.8) is 0 Å². The molecule has 0 saturated carbocycles. The SMILES string of the molecule is Cc1cc(C)cc(NC(=O)Cn2c(C)cccc2=O)c1. The largest absolute Gasteiger partial charge is 0.325 e. The van der Waals surface area contributed by atoms with Crippen molar-refractivity contribution in [3.05, 3.63) is 63.6 Å². The van der Waals surface area contributed by atoms with Gasteiger partial charge in [0.2, 0.25) is 5.91 Å². The molecular formula is C16H18N2O2. The second-order valence-electron chi connectivity index (χ2n) is 5.02. The van der Waals surface area contributed by atoms with Gasteiger partial charge >= 0.3 is 0 Å². The fourth-order valence-corrected chi connectivity index (χ4v) is 2.22. The van der Waals surface area contributed by atoms with E-state index < -0.39 is 0 Å². The number of hydrogen-bond donors (Lipinski definition) is 1. The van der Waals surface area contributed by atoms with Gasteiger partial charge in [0.1, 0.15) is 6.54 Å². The maximum Gasteiger partial charge on any atom is 0.251 e. The topological polar surface area (TPSA) is 51.1 Å². The zero-order valence-electron chi connectivity index (χ0n) is 11.9. The summed E-state index contributed by atoms with van der Waals surface area (Å²) in [5.74, 6) is -0.202. The molecule has 0 bridgehead atoms. The Balaban J connectivity index is 2.15. The first-order valence-electron chi connectivity index (χ1n) is 6.50. The standard InChI is InChI=1S/C16H18N2O2/c1-11-7-12(2)9-14(8-11)17-15(19)10-18-13(3)5-4-6-16(18)20/h4-9H,10H2,1-3H3,(H,17,19). The van der Waals surface area contributed by atoms with Crippen LogP contribution in [0.2, 0.25) is 0 Å². The minimum absolute atomic E-state index is 0.0263. The number of carbonyl (C=O) groups is 1. The van der Waals surface area contributed by atoms with Crippen molar-refractivity contribution in [1.29, 1.82) is 0 Å². The lowest BCUT2D eigenvalue weighted by atomic mass is 10.1. The van der Waals surface area contributed by atoms with Crippen LogP contribution in [0.15, 0.2) is 41.2 Å². The molecule has 0 aliphatic carbocycles. The van der Waals surface area contributed by atoms with Gasteiger partial charge < -0.3 is 9.88 Å². The molecular weight excluding hydrogens is 252 g/mol. The second kappa shape index (κ2) is 5.74. The Hall–Kier alpha value is -2.36. The van der Waals surface area contributed by atoms with Gasteiger partial charge in [-0.25, -0.2) is 0 Å². The number of amides is 1. The quantitative estimate of drug-likeness (QED) is 0.931. The fraction of sp³-hybridized carbons (Fsp3) is 0.250. The van der Waals surface area contributed by atoms with Crippen LogP contribution in [0.3, 0.4) is 0 Å². The molecule has 1 amide bonds. The summed E-state index contributed by atoms with van der Waals surface area (Å²) in [6.45, 7) is 5.80. The van der Waals surface area contributed by atoms with Crippen molar-refractivity contribution in [2.45, 2.75) is 27.3 Å². The number of hydrogen-bond acceptors (Lipinski definition) is 2. The van der Waals surface area contributed by atoms with Crippen LogP contribution < -0.4 is 10.9 Å². The molecule has 20 heavy (non-hydrogen) atoms. The third-order valence-corrected chi connectivity index (χ3v) is 3.08. The van der Waals surface area contributed by atoms with Crippen LogP contribution in [0.5, 0.6) is 0 Å². The molecule has 1 heterocycles. The summed E-state index contributed by atoms with van der Waals surface area (Å²) in [6, 6.07) is 10.8. The number of benzene rings is 1. The van der Waals surface area contributed by atoms with Crippen LogP contribution in [0.25, 0.3) is 0 Å². The summed E-state index contributed by atoms with van der Waals surface area (Å²) >= 11 is 0. The molecule has 0 fully saturated rings. The molecule has 0 aliphatic heterocycles. The monoisotopic (exact) mass is 270 g/mol. The molecule has 1 aromatic carbocycles. The van der Waals surface area contributed by atoms with E-state index in [9.17, 15) is 9.59 Å². The minimum atomic E-state index is -0.202. The van der Waals surface area contributed by atoms with Crippen LogP contribution >= 0.6 is 0 Å². The van der Waals surface area contributed by atoms with Crippen LogP contribution in [-0.4, -0.2) is 10.5 Å². The van der Waals surface area contributed by atoms with Gasteiger partial charge in [0.05, 0.1) is 0 Å². The molecule has 0 spiro atoms. The minimum Gasteiger partial charge on any atom is -0.325 e. The lowest BCUT2D eigenvalue weighted by Gasteiger charge is -2.11. The average Bonchev–Trinajstić information content (AvgIpc) is 2.32. The highest BCUT2D eigenvalue weighted by Crippen LogP contribution is 2.13. The van der Waals surface area contributed by atoms with E-state index in [0.717, 1.165) is 22.5 Å². The number of pyridine rings is 1. The first kappa shape index (κ1) is 14.1. The Morgan fingerprint density at radius 2 is 1.75 bits per heavy atom. The van der Waals surface area contributed by atoms with Gasteiger partial charge in [-0.1, -0.05) is 12.1 Å². The summed E-state index contributed by atoms with van der Waals surface area (Å²) in [7, 11) is 0. The van der Waals surface area contributed by atoms with Crippen molar-refractivity contribution in [2.24, 2.45) is 0 Å². The molecule has 0 saturated heterocycles. The molecule has 0 radical (unpaired) electrons. The van der Waals surface area contributed by atoms with Gasteiger partial charge in [-0.15, -0.1) is 0 Å². The van der Waals surface area contributed by atoms with Crippen LogP contribution in [0, 0.1) is 20.8 Å². The molecule has 1 N–H and O–H groups in total. The number of carbonyl (C=O) groups excluding carboxylic acids is 1. The van der Waals surface area contributed by atoms with Crippen molar-refractivity contribution < 1.29 is 4.79 Å². The van der Waals surface area contributed by atoms with E-state index in [0.29, 0.717) is 0 Å². The Morgan fingerprint density at radius 1 is 1.10 bits per heavy atom.